The molecule has 1 aromatic heterocycles. The normalized spacial score (nSPS) is 12.2. The van der Waals surface area contributed by atoms with E-state index in [0.717, 1.165) is 12.3 Å². The van der Waals surface area contributed by atoms with E-state index >= 15 is 0 Å². The Balaban J connectivity index is 2.06. The summed E-state index contributed by atoms with van der Waals surface area (Å²) in [6.07, 6.45) is -2.22. The van der Waals surface area contributed by atoms with Crippen LogP contribution in [0.25, 0.3) is 10.9 Å². The molecule has 0 unspecified atom stereocenters. The van der Waals surface area contributed by atoms with E-state index in [0.29, 0.717) is 22.2 Å². The zero-order valence-electron chi connectivity index (χ0n) is 13.7. The number of aliphatic hydroxyl groups excluding tert-OH is 1. The number of hydrogen-bond acceptors (Lipinski definition) is 3. The predicted molar refractivity (Wildman–Crippen MR) is 92.4 cm³/mol. The van der Waals surface area contributed by atoms with E-state index in [1.54, 1.807) is 0 Å². The largest absolute Gasteiger partial charge is 0.573 e. The number of aliphatic hydroxyl groups is 1. The molecule has 3 rings (SSSR count). The number of ether oxygens (including phenoxy) is 1. The van der Waals surface area contributed by atoms with Crippen LogP contribution in [-0.4, -0.2) is 21.2 Å². The molecule has 0 saturated heterocycles. The average molecular weight is 401 g/mol. The fraction of sp³-hybridized carbons (Fsp3) is 0.167. The van der Waals surface area contributed by atoms with Crippen molar-refractivity contribution in [3.8, 4) is 5.75 Å². The molecule has 1 N–H and O–H groups in total. The summed E-state index contributed by atoms with van der Waals surface area (Å²) in [5, 5.41) is 14.0. The molecule has 0 aliphatic carbocycles. The van der Waals surface area contributed by atoms with Crippen LogP contribution in [0.5, 0.6) is 5.75 Å². The smallest absolute Gasteiger partial charge is 0.516 e. The van der Waals surface area contributed by atoms with E-state index in [9.17, 15) is 17.6 Å². The van der Waals surface area contributed by atoms with Crippen molar-refractivity contribution in [3.05, 3.63) is 70.8 Å². The van der Waals surface area contributed by atoms with E-state index < -0.39 is 12.2 Å². The van der Waals surface area contributed by atoms with Gasteiger partial charge in [-0.1, -0.05) is 17.7 Å². The van der Waals surface area contributed by atoms with Crippen molar-refractivity contribution in [1.82, 2.24) is 9.78 Å². The van der Waals surface area contributed by atoms with Crippen LogP contribution in [0.15, 0.2) is 48.7 Å². The molecule has 1 heterocycles. The zero-order valence-corrected chi connectivity index (χ0v) is 14.4. The molecule has 0 bridgehead atoms. The Bertz CT molecular complexity index is 999. The Morgan fingerprint density at radius 2 is 1.96 bits per heavy atom. The molecule has 9 heteroatoms. The van der Waals surface area contributed by atoms with Gasteiger partial charge >= 0.3 is 6.36 Å². The number of alkyl halides is 3. The summed E-state index contributed by atoms with van der Waals surface area (Å²) in [7, 11) is 0. The van der Waals surface area contributed by atoms with Crippen molar-refractivity contribution in [2.45, 2.75) is 19.3 Å². The molecule has 0 aliphatic heterocycles. The van der Waals surface area contributed by atoms with Crippen LogP contribution < -0.4 is 4.74 Å². The van der Waals surface area contributed by atoms with E-state index in [-0.39, 0.29) is 23.7 Å². The maximum atomic E-state index is 13.2. The molecule has 2 aromatic carbocycles. The minimum atomic E-state index is -4.82. The second-order valence-corrected chi connectivity index (χ2v) is 6.06. The van der Waals surface area contributed by atoms with E-state index in [1.807, 2.05) is 0 Å². The van der Waals surface area contributed by atoms with Crippen LogP contribution >= 0.6 is 11.6 Å². The second-order valence-electron chi connectivity index (χ2n) is 5.66. The van der Waals surface area contributed by atoms with Crippen molar-refractivity contribution < 1.29 is 27.4 Å². The monoisotopic (exact) mass is 400 g/mol. The molecule has 0 aliphatic rings. The zero-order chi connectivity index (χ0) is 19.6. The van der Waals surface area contributed by atoms with Crippen LogP contribution in [0, 0.1) is 5.82 Å². The van der Waals surface area contributed by atoms with Gasteiger partial charge in [-0.3, -0.25) is 4.68 Å². The second kappa shape index (κ2) is 7.48. The fourth-order valence-electron chi connectivity index (χ4n) is 2.67. The number of nitrogens with zero attached hydrogens (tertiary/aromatic N) is 2. The lowest BCUT2D eigenvalue weighted by Gasteiger charge is -2.10. The molecule has 0 fully saturated rings. The van der Waals surface area contributed by atoms with Crippen molar-refractivity contribution in [1.29, 1.82) is 0 Å². The van der Waals surface area contributed by atoms with Crippen molar-refractivity contribution >= 4 is 22.5 Å². The van der Waals surface area contributed by atoms with Crippen LogP contribution in [0.4, 0.5) is 17.6 Å². The van der Waals surface area contributed by atoms with Gasteiger partial charge < -0.3 is 9.84 Å². The van der Waals surface area contributed by atoms with Crippen molar-refractivity contribution in [2.24, 2.45) is 0 Å². The summed E-state index contributed by atoms with van der Waals surface area (Å²) >= 11 is 6.04. The van der Waals surface area contributed by atoms with Crippen LogP contribution in [-0.2, 0) is 13.0 Å². The van der Waals surface area contributed by atoms with E-state index in [1.165, 1.54) is 41.1 Å². The number of allylic oxidation sites excluding steroid dienone is 1. The molecule has 0 atom stereocenters. The highest BCUT2D eigenvalue weighted by molar-refractivity contribution is 6.31. The van der Waals surface area contributed by atoms with Gasteiger partial charge in [-0.25, -0.2) is 4.39 Å². The van der Waals surface area contributed by atoms with Gasteiger partial charge in [-0.2, -0.15) is 5.10 Å². The Hall–Kier alpha value is -2.74. The van der Waals surface area contributed by atoms with Gasteiger partial charge in [-0.15, -0.1) is 13.2 Å². The number of hydrogen-bond donors (Lipinski definition) is 1. The molecule has 142 valence electrons. The highest BCUT2D eigenvalue weighted by atomic mass is 35.5. The maximum Gasteiger partial charge on any atom is 0.573 e. The number of fused-ring (bicyclic) bond motifs is 1. The standard InChI is InChI=1S/C18H13ClF4N2O2/c19-15-8-12(20)4-3-11(15)10-25-17-9-13(27-18(21,22)23)5-6-14(17)16(24-25)2-1-7-26/h1,3-9,26H,2,10H2. The number of halogens is 5. The maximum absolute atomic E-state index is 13.2. The summed E-state index contributed by atoms with van der Waals surface area (Å²) < 4.78 is 56.2. The molecule has 3 aromatic rings. The average Bonchev–Trinajstić information content (AvgIpc) is 2.91. The molecule has 0 saturated carbocycles. The van der Waals surface area contributed by atoms with Crippen molar-refractivity contribution in [3.63, 3.8) is 0 Å². The van der Waals surface area contributed by atoms with Gasteiger partial charge in [0.2, 0.25) is 0 Å². The highest BCUT2D eigenvalue weighted by Gasteiger charge is 2.31. The third-order valence-corrected chi connectivity index (χ3v) is 4.14. The molecule has 4 nitrogen and oxygen atoms in total. The van der Waals surface area contributed by atoms with Gasteiger partial charge in [0, 0.05) is 22.9 Å². The first-order valence-corrected chi connectivity index (χ1v) is 8.13. The highest BCUT2D eigenvalue weighted by Crippen LogP contribution is 2.29. The van der Waals surface area contributed by atoms with Gasteiger partial charge in [0.05, 0.1) is 24.0 Å². The fourth-order valence-corrected chi connectivity index (χ4v) is 2.89. The Morgan fingerprint density at radius 1 is 1.19 bits per heavy atom. The Morgan fingerprint density at radius 3 is 2.63 bits per heavy atom. The molecular formula is C18H13ClF4N2O2. The van der Waals surface area contributed by atoms with Crippen molar-refractivity contribution in [2.75, 3.05) is 0 Å². The minimum absolute atomic E-state index is 0.119. The third-order valence-electron chi connectivity index (χ3n) is 3.79. The van der Waals surface area contributed by atoms with E-state index in [2.05, 4.69) is 9.84 Å². The minimum Gasteiger partial charge on any atom is -0.516 e. The molecule has 27 heavy (non-hydrogen) atoms. The SMILES string of the molecule is OC=CCc1nn(Cc2ccc(F)cc2Cl)c2cc(OC(F)(F)F)ccc12. The van der Waals surface area contributed by atoms with Gasteiger partial charge in [-0.05, 0) is 35.9 Å². The lowest BCUT2D eigenvalue weighted by Crippen LogP contribution is -2.17. The first-order chi connectivity index (χ1) is 12.8. The summed E-state index contributed by atoms with van der Waals surface area (Å²) in [5.74, 6) is -0.880. The summed E-state index contributed by atoms with van der Waals surface area (Å²) in [6, 6.07) is 7.75. The first kappa shape index (κ1) is 19.0. The number of aromatic nitrogens is 2. The third kappa shape index (κ3) is 4.51. The van der Waals surface area contributed by atoms with Gasteiger partial charge in [0.15, 0.2) is 0 Å². The lowest BCUT2D eigenvalue weighted by molar-refractivity contribution is -0.274. The van der Waals surface area contributed by atoms with Crippen LogP contribution in [0.3, 0.4) is 0 Å². The van der Waals surface area contributed by atoms with E-state index in [4.69, 9.17) is 16.7 Å². The molecule has 0 amide bonds. The Labute approximate surface area is 156 Å². The number of benzene rings is 2. The first-order valence-electron chi connectivity index (χ1n) is 7.75. The van der Waals surface area contributed by atoms with Gasteiger partial charge in [0.25, 0.3) is 0 Å². The molecular weight excluding hydrogens is 388 g/mol. The molecule has 0 spiro atoms. The number of rotatable bonds is 5. The summed E-state index contributed by atoms with van der Waals surface area (Å²) in [4.78, 5) is 0. The summed E-state index contributed by atoms with van der Waals surface area (Å²) in [5.41, 5.74) is 1.49. The predicted octanol–water partition coefficient (Wildman–Crippen LogP) is 5.39. The Kier molecular flexibility index (Phi) is 5.27. The molecule has 0 radical (unpaired) electrons. The lowest BCUT2D eigenvalue weighted by atomic mass is 10.1. The van der Waals surface area contributed by atoms with Crippen LogP contribution in [0.2, 0.25) is 5.02 Å². The summed E-state index contributed by atoms with van der Waals surface area (Å²) in [6.45, 7) is 0.119. The van der Waals surface area contributed by atoms with Crippen LogP contribution in [0.1, 0.15) is 11.3 Å². The van der Waals surface area contributed by atoms with Gasteiger partial charge in [0.1, 0.15) is 11.6 Å². The topological polar surface area (TPSA) is 47.3 Å². The quantitative estimate of drug-likeness (QED) is 0.461.